The van der Waals surface area contributed by atoms with Gasteiger partial charge >= 0.3 is 0 Å². The summed E-state index contributed by atoms with van der Waals surface area (Å²) in [5, 5.41) is 11.4. The van der Waals surface area contributed by atoms with Gasteiger partial charge in [0.25, 0.3) is 5.69 Å². The Balaban J connectivity index is 1.73. The van der Waals surface area contributed by atoms with Gasteiger partial charge in [-0.1, -0.05) is 0 Å². The molecular weight excluding hydrogens is 466 g/mol. The standard InChI is InChI=1S/C25H33N5O4S/c1-27(2)35(33,34)25-18-21(9-11-24(25)29-15-7-4-8-16-29)26-19-20-17-22(30(31)32)10-12-23(20)28-13-5-3-6-14-28/h9-12,17-19H,3-8,13-16H2,1-2H3. The van der Waals surface area contributed by atoms with Crippen molar-refractivity contribution in [3.8, 4) is 0 Å². The third-order valence-corrected chi connectivity index (χ3v) is 8.51. The van der Waals surface area contributed by atoms with E-state index in [1.54, 1.807) is 18.3 Å². The third kappa shape index (κ3) is 5.65. The smallest absolute Gasteiger partial charge is 0.270 e. The minimum atomic E-state index is -3.69. The van der Waals surface area contributed by atoms with Crippen LogP contribution in [0.4, 0.5) is 22.7 Å². The van der Waals surface area contributed by atoms with Crippen molar-refractivity contribution in [2.24, 2.45) is 4.99 Å². The average molecular weight is 500 g/mol. The summed E-state index contributed by atoms with van der Waals surface area (Å²) in [7, 11) is -0.631. The summed E-state index contributed by atoms with van der Waals surface area (Å²) in [5.74, 6) is 0. The van der Waals surface area contributed by atoms with E-state index in [0.29, 0.717) is 16.9 Å². The summed E-state index contributed by atoms with van der Waals surface area (Å²) < 4.78 is 27.6. The second-order valence-electron chi connectivity index (χ2n) is 9.29. The maximum absolute atomic E-state index is 13.2. The van der Waals surface area contributed by atoms with Crippen LogP contribution in [0.25, 0.3) is 0 Å². The molecule has 4 rings (SSSR count). The van der Waals surface area contributed by atoms with Gasteiger partial charge in [0.05, 0.1) is 16.3 Å². The lowest BCUT2D eigenvalue weighted by Crippen LogP contribution is -2.32. The first-order valence-corrected chi connectivity index (χ1v) is 13.6. The van der Waals surface area contributed by atoms with Crippen LogP contribution in [0, 0.1) is 10.1 Å². The molecule has 0 unspecified atom stereocenters. The molecule has 0 spiro atoms. The van der Waals surface area contributed by atoms with Crippen LogP contribution in [0.1, 0.15) is 44.1 Å². The normalized spacial score (nSPS) is 17.3. The summed E-state index contributed by atoms with van der Waals surface area (Å²) in [6.07, 6.45) is 8.17. The van der Waals surface area contributed by atoms with Crippen LogP contribution in [0.5, 0.6) is 0 Å². The second-order valence-corrected chi connectivity index (χ2v) is 11.4. The molecule has 2 aromatic carbocycles. The molecule has 0 N–H and O–H groups in total. The zero-order valence-corrected chi connectivity index (χ0v) is 21.2. The summed E-state index contributed by atoms with van der Waals surface area (Å²) in [6.45, 7) is 3.44. The Kier molecular flexibility index (Phi) is 7.71. The monoisotopic (exact) mass is 499 g/mol. The number of sulfonamides is 1. The number of non-ortho nitro benzene ring substituents is 1. The van der Waals surface area contributed by atoms with Crippen LogP contribution >= 0.6 is 0 Å². The average Bonchev–Trinajstić information content (AvgIpc) is 2.88. The van der Waals surface area contributed by atoms with Crippen molar-refractivity contribution in [1.82, 2.24) is 4.31 Å². The van der Waals surface area contributed by atoms with E-state index in [-0.39, 0.29) is 10.6 Å². The quantitative estimate of drug-likeness (QED) is 0.314. The number of benzene rings is 2. The highest BCUT2D eigenvalue weighted by Gasteiger charge is 2.25. The molecule has 188 valence electrons. The van der Waals surface area contributed by atoms with Crippen LogP contribution in [0.15, 0.2) is 46.3 Å². The minimum Gasteiger partial charge on any atom is -0.371 e. The molecule has 2 heterocycles. The van der Waals surface area contributed by atoms with Crippen molar-refractivity contribution in [2.75, 3.05) is 50.1 Å². The highest BCUT2D eigenvalue weighted by atomic mass is 32.2. The molecule has 2 saturated heterocycles. The lowest BCUT2D eigenvalue weighted by molar-refractivity contribution is -0.384. The Morgan fingerprint density at radius 2 is 1.46 bits per heavy atom. The Morgan fingerprint density at radius 3 is 2.03 bits per heavy atom. The molecule has 2 aromatic rings. The van der Waals surface area contributed by atoms with E-state index >= 15 is 0 Å². The van der Waals surface area contributed by atoms with E-state index in [0.717, 1.165) is 64.0 Å². The van der Waals surface area contributed by atoms with Gasteiger partial charge in [0.1, 0.15) is 4.90 Å². The lowest BCUT2D eigenvalue weighted by Gasteiger charge is -2.31. The number of piperidine rings is 2. The number of hydrogen-bond acceptors (Lipinski definition) is 7. The minimum absolute atomic E-state index is 0.00327. The van der Waals surface area contributed by atoms with Gasteiger partial charge in [0.15, 0.2) is 0 Å². The largest absolute Gasteiger partial charge is 0.371 e. The molecule has 2 aliphatic rings. The van der Waals surface area contributed by atoms with E-state index in [9.17, 15) is 18.5 Å². The predicted molar refractivity (Wildman–Crippen MR) is 140 cm³/mol. The Bertz CT molecular complexity index is 1200. The van der Waals surface area contributed by atoms with Crippen molar-refractivity contribution in [3.63, 3.8) is 0 Å². The van der Waals surface area contributed by atoms with Gasteiger partial charge in [-0.25, -0.2) is 12.7 Å². The molecule has 2 aliphatic heterocycles. The second kappa shape index (κ2) is 10.7. The number of nitro benzene ring substituents is 1. The highest BCUT2D eigenvalue weighted by molar-refractivity contribution is 7.89. The molecule has 0 aliphatic carbocycles. The molecule has 0 bridgehead atoms. The van der Waals surface area contributed by atoms with Crippen molar-refractivity contribution >= 4 is 39.0 Å². The Hall–Kier alpha value is -2.98. The first-order chi connectivity index (χ1) is 16.8. The van der Waals surface area contributed by atoms with Crippen LogP contribution < -0.4 is 9.80 Å². The van der Waals surface area contributed by atoms with Crippen molar-refractivity contribution in [1.29, 1.82) is 0 Å². The summed E-state index contributed by atoms with van der Waals surface area (Å²) in [6, 6.07) is 10.1. The van der Waals surface area contributed by atoms with Crippen LogP contribution in [-0.2, 0) is 10.0 Å². The van der Waals surface area contributed by atoms with Crippen molar-refractivity contribution in [2.45, 2.75) is 43.4 Å². The third-order valence-electron chi connectivity index (χ3n) is 6.67. The predicted octanol–water partition coefficient (Wildman–Crippen LogP) is 4.58. The van der Waals surface area contributed by atoms with Gasteiger partial charge in [0.2, 0.25) is 10.0 Å². The fourth-order valence-corrected chi connectivity index (χ4v) is 5.83. The fraction of sp³-hybridized carbons (Fsp3) is 0.480. The van der Waals surface area contributed by atoms with E-state index in [4.69, 9.17) is 0 Å². The Morgan fingerprint density at radius 1 is 0.886 bits per heavy atom. The number of rotatable bonds is 7. The molecule has 2 fully saturated rings. The molecule has 35 heavy (non-hydrogen) atoms. The molecule has 10 heteroatoms. The molecule has 0 amide bonds. The topological polar surface area (TPSA) is 99.4 Å². The van der Waals surface area contributed by atoms with E-state index in [2.05, 4.69) is 14.8 Å². The molecule has 9 nitrogen and oxygen atoms in total. The molecule has 0 aromatic heterocycles. The van der Waals surface area contributed by atoms with E-state index < -0.39 is 14.9 Å². The van der Waals surface area contributed by atoms with Crippen LogP contribution in [-0.4, -0.2) is 64.1 Å². The molecular formula is C25H33N5O4S. The van der Waals surface area contributed by atoms with Crippen LogP contribution in [0.3, 0.4) is 0 Å². The van der Waals surface area contributed by atoms with Gasteiger partial charge in [-0.05, 0) is 62.8 Å². The zero-order chi connectivity index (χ0) is 25.0. The van der Waals surface area contributed by atoms with Crippen LogP contribution in [0.2, 0.25) is 0 Å². The van der Waals surface area contributed by atoms with Gasteiger partial charge < -0.3 is 9.80 Å². The zero-order valence-electron chi connectivity index (χ0n) is 20.4. The fourth-order valence-electron chi connectivity index (χ4n) is 4.71. The first-order valence-electron chi connectivity index (χ1n) is 12.2. The number of hydrogen-bond donors (Lipinski definition) is 0. The summed E-state index contributed by atoms with van der Waals surface area (Å²) in [5.41, 5.74) is 2.75. The number of aliphatic imine (C=N–C) groups is 1. The Labute approximate surface area is 207 Å². The summed E-state index contributed by atoms with van der Waals surface area (Å²) in [4.78, 5) is 20.1. The van der Waals surface area contributed by atoms with Gasteiger partial charge in [-0.3, -0.25) is 15.1 Å². The SMILES string of the molecule is CN(C)S(=O)(=O)c1cc(N=Cc2cc([N+](=O)[O-])ccc2N2CCCCC2)ccc1N1CCCCC1. The highest BCUT2D eigenvalue weighted by Crippen LogP contribution is 2.33. The van der Waals surface area contributed by atoms with Gasteiger partial charge in [0, 0.05) is 69.9 Å². The van der Waals surface area contributed by atoms with E-state index in [1.165, 1.54) is 37.0 Å². The first kappa shape index (κ1) is 25.1. The number of anilines is 2. The maximum atomic E-state index is 13.2. The molecule has 0 radical (unpaired) electrons. The maximum Gasteiger partial charge on any atom is 0.270 e. The number of nitrogens with zero attached hydrogens (tertiary/aromatic N) is 5. The summed E-state index contributed by atoms with van der Waals surface area (Å²) >= 11 is 0. The number of nitro groups is 1. The van der Waals surface area contributed by atoms with E-state index in [1.807, 2.05) is 12.1 Å². The molecule has 0 saturated carbocycles. The van der Waals surface area contributed by atoms with Crippen molar-refractivity contribution in [3.05, 3.63) is 52.1 Å². The van der Waals surface area contributed by atoms with Gasteiger partial charge in [-0.2, -0.15) is 0 Å². The molecule has 0 atom stereocenters. The van der Waals surface area contributed by atoms with Crippen molar-refractivity contribution < 1.29 is 13.3 Å². The van der Waals surface area contributed by atoms with Gasteiger partial charge in [-0.15, -0.1) is 0 Å². The lowest BCUT2D eigenvalue weighted by atomic mass is 10.1.